The van der Waals surface area contributed by atoms with E-state index >= 15 is 0 Å². The molecule has 0 aliphatic heterocycles. The standard InChI is InChI=1S/C18H28N2O/c1-3-10-17(15-11-6-4-7-12-15)19-18(21)20(2)16-13-8-5-9-14-16/h4,6-7,11-12,16-17H,3,5,8-10,13-14H2,1-2H3,(H,19,21). The molecule has 1 aliphatic carbocycles. The molecule has 1 N–H and O–H groups in total. The van der Waals surface area contributed by atoms with Crippen LogP contribution in [-0.2, 0) is 0 Å². The zero-order chi connectivity index (χ0) is 15.1. The van der Waals surface area contributed by atoms with Crippen LogP contribution >= 0.6 is 0 Å². The van der Waals surface area contributed by atoms with Crippen molar-refractivity contribution in [3.63, 3.8) is 0 Å². The van der Waals surface area contributed by atoms with Gasteiger partial charge in [-0.1, -0.05) is 62.9 Å². The van der Waals surface area contributed by atoms with Crippen LogP contribution in [0, 0.1) is 0 Å². The molecule has 0 bridgehead atoms. The van der Waals surface area contributed by atoms with Gasteiger partial charge in [-0.15, -0.1) is 0 Å². The second-order valence-corrected chi connectivity index (χ2v) is 6.10. The van der Waals surface area contributed by atoms with Crippen LogP contribution in [0.1, 0.15) is 63.5 Å². The van der Waals surface area contributed by atoms with Gasteiger partial charge < -0.3 is 10.2 Å². The predicted octanol–water partition coefficient (Wildman–Crippen LogP) is 4.50. The summed E-state index contributed by atoms with van der Waals surface area (Å²) in [6.45, 7) is 2.16. The molecule has 0 aromatic heterocycles. The van der Waals surface area contributed by atoms with Gasteiger partial charge in [0.05, 0.1) is 6.04 Å². The quantitative estimate of drug-likeness (QED) is 0.850. The maximum atomic E-state index is 12.5. The van der Waals surface area contributed by atoms with Gasteiger partial charge in [0.25, 0.3) is 0 Å². The van der Waals surface area contributed by atoms with Crippen molar-refractivity contribution >= 4 is 6.03 Å². The predicted molar refractivity (Wildman–Crippen MR) is 87.3 cm³/mol. The van der Waals surface area contributed by atoms with Crippen molar-refractivity contribution in [1.29, 1.82) is 0 Å². The lowest BCUT2D eigenvalue weighted by Gasteiger charge is -2.32. The molecule has 21 heavy (non-hydrogen) atoms. The molecule has 3 nitrogen and oxygen atoms in total. The van der Waals surface area contributed by atoms with Crippen molar-refractivity contribution in [2.24, 2.45) is 0 Å². The van der Waals surface area contributed by atoms with Gasteiger partial charge in [-0.3, -0.25) is 0 Å². The Kier molecular flexibility index (Phi) is 6.09. The van der Waals surface area contributed by atoms with Crippen molar-refractivity contribution in [2.75, 3.05) is 7.05 Å². The number of hydrogen-bond acceptors (Lipinski definition) is 1. The molecule has 1 aromatic carbocycles. The maximum Gasteiger partial charge on any atom is 0.317 e. The molecular weight excluding hydrogens is 260 g/mol. The molecule has 0 saturated heterocycles. The van der Waals surface area contributed by atoms with Crippen molar-refractivity contribution < 1.29 is 4.79 Å². The first kappa shape index (κ1) is 15.9. The van der Waals surface area contributed by atoms with Crippen molar-refractivity contribution in [1.82, 2.24) is 10.2 Å². The number of urea groups is 1. The smallest absolute Gasteiger partial charge is 0.317 e. The summed E-state index contributed by atoms with van der Waals surface area (Å²) in [4.78, 5) is 14.4. The van der Waals surface area contributed by atoms with Crippen LogP contribution in [0.15, 0.2) is 30.3 Å². The topological polar surface area (TPSA) is 32.3 Å². The number of rotatable bonds is 5. The fourth-order valence-corrected chi connectivity index (χ4v) is 3.18. The molecule has 1 saturated carbocycles. The van der Waals surface area contributed by atoms with E-state index in [2.05, 4.69) is 24.4 Å². The number of amides is 2. The third-order valence-electron chi connectivity index (χ3n) is 4.52. The molecule has 1 aliphatic rings. The van der Waals surface area contributed by atoms with Gasteiger partial charge in [0.1, 0.15) is 0 Å². The minimum absolute atomic E-state index is 0.0733. The van der Waals surface area contributed by atoms with Gasteiger partial charge in [-0.2, -0.15) is 0 Å². The minimum Gasteiger partial charge on any atom is -0.331 e. The first-order valence-corrected chi connectivity index (χ1v) is 8.30. The largest absolute Gasteiger partial charge is 0.331 e. The monoisotopic (exact) mass is 288 g/mol. The van der Waals surface area contributed by atoms with Crippen molar-refractivity contribution in [3.8, 4) is 0 Å². The molecule has 0 spiro atoms. The van der Waals surface area contributed by atoms with E-state index in [0.717, 1.165) is 25.7 Å². The number of nitrogens with one attached hydrogen (secondary N) is 1. The van der Waals surface area contributed by atoms with Crippen LogP contribution in [0.5, 0.6) is 0 Å². The van der Waals surface area contributed by atoms with Crippen LogP contribution < -0.4 is 5.32 Å². The Balaban J connectivity index is 1.97. The zero-order valence-corrected chi connectivity index (χ0v) is 13.3. The summed E-state index contributed by atoms with van der Waals surface area (Å²) in [5.74, 6) is 0. The van der Waals surface area contributed by atoms with Gasteiger partial charge in [-0.05, 0) is 24.8 Å². The molecule has 1 atom stereocenters. The van der Waals surface area contributed by atoms with Crippen molar-refractivity contribution in [3.05, 3.63) is 35.9 Å². The van der Waals surface area contributed by atoms with E-state index in [1.807, 2.05) is 30.1 Å². The summed E-state index contributed by atoms with van der Waals surface area (Å²) in [7, 11) is 1.94. The maximum absolute atomic E-state index is 12.5. The number of hydrogen-bond donors (Lipinski definition) is 1. The van der Waals surface area contributed by atoms with E-state index in [9.17, 15) is 4.79 Å². The Morgan fingerprint density at radius 3 is 2.52 bits per heavy atom. The van der Waals surface area contributed by atoms with E-state index in [1.54, 1.807) is 0 Å². The zero-order valence-electron chi connectivity index (χ0n) is 13.3. The van der Waals surface area contributed by atoms with Gasteiger partial charge in [0.15, 0.2) is 0 Å². The van der Waals surface area contributed by atoms with Crippen LogP contribution in [0.25, 0.3) is 0 Å². The lowest BCUT2D eigenvalue weighted by molar-refractivity contribution is 0.169. The third kappa shape index (κ3) is 4.48. The summed E-state index contributed by atoms with van der Waals surface area (Å²) < 4.78 is 0. The summed E-state index contributed by atoms with van der Waals surface area (Å²) in [5, 5.41) is 3.22. The van der Waals surface area contributed by atoms with E-state index < -0.39 is 0 Å². The summed E-state index contributed by atoms with van der Waals surface area (Å²) >= 11 is 0. The Morgan fingerprint density at radius 1 is 1.24 bits per heavy atom. The Bertz CT molecular complexity index is 426. The van der Waals surface area contributed by atoms with Crippen LogP contribution in [0.4, 0.5) is 4.79 Å². The minimum atomic E-state index is 0.0733. The molecule has 2 rings (SSSR count). The number of carbonyl (C=O) groups excluding carboxylic acids is 1. The first-order chi connectivity index (χ1) is 10.2. The fourth-order valence-electron chi connectivity index (χ4n) is 3.18. The molecule has 116 valence electrons. The number of carbonyl (C=O) groups is 1. The second kappa shape index (κ2) is 8.06. The highest BCUT2D eigenvalue weighted by Gasteiger charge is 2.23. The fraction of sp³-hybridized carbons (Fsp3) is 0.611. The molecule has 0 radical (unpaired) electrons. The summed E-state index contributed by atoms with van der Waals surface area (Å²) in [5.41, 5.74) is 1.20. The van der Waals surface area contributed by atoms with Gasteiger partial charge in [0.2, 0.25) is 0 Å². The van der Waals surface area contributed by atoms with Crippen molar-refractivity contribution in [2.45, 2.75) is 64.0 Å². The van der Waals surface area contributed by atoms with E-state index in [1.165, 1.54) is 24.8 Å². The van der Waals surface area contributed by atoms with E-state index in [4.69, 9.17) is 0 Å². The molecule has 1 aromatic rings. The first-order valence-electron chi connectivity index (χ1n) is 8.30. The Hall–Kier alpha value is -1.51. The number of nitrogens with zero attached hydrogens (tertiary/aromatic N) is 1. The molecule has 3 heteroatoms. The van der Waals surface area contributed by atoms with Crippen LogP contribution in [0.2, 0.25) is 0 Å². The number of benzene rings is 1. The highest BCUT2D eigenvalue weighted by atomic mass is 16.2. The third-order valence-corrected chi connectivity index (χ3v) is 4.52. The normalized spacial score (nSPS) is 17.2. The van der Waals surface area contributed by atoms with Gasteiger partial charge >= 0.3 is 6.03 Å². The second-order valence-electron chi connectivity index (χ2n) is 6.10. The molecular formula is C18H28N2O. The van der Waals surface area contributed by atoms with E-state index in [0.29, 0.717) is 6.04 Å². The Morgan fingerprint density at radius 2 is 1.90 bits per heavy atom. The lowest BCUT2D eigenvalue weighted by atomic mass is 9.94. The Labute approximate surface area is 128 Å². The van der Waals surface area contributed by atoms with Crippen LogP contribution in [-0.4, -0.2) is 24.0 Å². The molecule has 1 fully saturated rings. The molecule has 0 heterocycles. The van der Waals surface area contributed by atoms with Gasteiger partial charge in [0, 0.05) is 13.1 Å². The SMILES string of the molecule is CCCC(NC(=O)N(C)C1CCCCC1)c1ccccc1. The highest BCUT2D eigenvalue weighted by Crippen LogP contribution is 2.23. The summed E-state index contributed by atoms with van der Waals surface area (Å²) in [6.07, 6.45) is 8.15. The van der Waals surface area contributed by atoms with E-state index in [-0.39, 0.29) is 12.1 Å². The lowest BCUT2D eigenvalue weighted by Crippen LogP contribution is -2.45. The average Bonchev–Trinajstić information content (AvgIpc) is 2.55. The summed E-state index contributed by atoms with van der Waals surface area (Å²) in [6, 6.07) is 10.9. The van der Waals surface area contributed by atoms with Crippen LogP contribution in [0.3, 0.4) is 0 Å². The molecule has 1 unspecified atom stereocenters. The molecule has 2 amide bonds. The average molecular weight is 288 g/mol. The highest BCUT2D eigenvalue weighted by molar-refractivity contribution is 5.74. The van der Waals surface area contributed by atoms with Gasteiger partial charge in [-0.25, -0.2) is 4.79 Å².